The van der Waals surface area contributed by atoms with Gasteiger partial charge in [0.25, 0.3) is 0 Å². The van der Waals surface area contributed by atoms with Crippen LogP contribution in [0.5, 0.6) is 0 Å². The van der Waals surface area contributed by atoms with Crippen LogP contribution in [0.15, 0.2) is 36.4 Å². The Bertz CT molecular complexity index is 587. The lowest BCUT2D eigenvalue weighted by molar-refractivity contribution is -0.121. The third-order valence-corrected chi connectivity index (χ3v) is 4.30. The predicted octanol–water partition coefficient (Wildman–Crippen LogP) is 5.56. The summed E-state index contributed by atoms with van der Waals surface area (Å²) in [7, 11) is 0. The molecule has 2 atom stereocenters. The Hall–Kier alpha value is -1.90. The molecule has 2 nitrogen and oxygen atoms in total. The Balaban J connectivity index is 2.93. The summed E-state index contributed by atoms with van der Waals surface area (Å²) in [6.45, 7) is 7.50. The van der Waals surface area contributed by atoms with Crippen LogP contribution in [0.3, 0.4) is 0 Å². The molecule has 0 saturated carbocycles. The van der Waals surface area contributed by atoms with Crippen LogP contribution in [0.4, 0.5) is 4.39 Å². The van der Waals surface area contributed by atoms with E-state index in [0.29, 0.717) is 19.2 Å². The van der Waals surface area contributed by atoms with E-state index < -0.39 is 0 Å². The van der Waals surface area contributed by atoms with E-state index in [1.54, 1.807) is 13.0 Å². The molecule has 126 valence electrons. The molecule has 1 aromatic carbocycles. The average Bonchev–Trinajstić information content (AvgIpc) is 2.52. The minimum atomic E-state index is -0.0716. The van der Waals surface area contributed by atoms with Crippen molar-refractivity contribution in [3.05, 3.63) is 53.1 Å². The van der Waals surface area contributed by atoms with Gasteiger partial charge < -0.3 is 5.11 Å². The van der Waals surface area contributed by atoms with E-state index in [4.69, 9.17) is 0 Å². The fourth-order valence-electron chi connectivity index (χ4n) is 2.62. The van der Waals surface area contributed by atoms with Crippen LogP contribution in [0.25, 0.3) is 6.08 Å². The van der Waals surface area contributed by atoms with Crippen LogP contribution in [0.1, 0.15) is 50.3 Å². The van der Waals surface area contributed by atoms with E-state index in [9.17, 15) is 14.3 Å². The van der Waals surface area contributed by atoms with Gasteiger partial charge in [0, 0.05) is 11.8 Å². The standard InChI is InChI=1S/C20H27FO2/c1-5-18(16(4)22)11-15(3)20(23)13-19-12-17(7-6-10-21)9-8-14(19)2/h6,8-10,12-13,15,18,23H,5,7,11H2,1-4H3/b10-6+,20-13-. The summed E-state index contributed by atoms with van der Waals surface area (Å²) in [4.78, 5) is 11.6. The van der Waals surface area contributed by atoms with Crippen LogP contribution >= 0.6 is 0 Å². The van der Waals surface area contributed by atoms with Crippen LogP contribution in [0, 0.1) is 18.8 Å². The van der Waals surface area contributed by atoms with Crippen molar-refractivity contribution in [2.45, 2.75) is 47.0 Å². The van der Waals surface area contributed by atoms with E-state index >= 15 is 0 Å². The smallest absolute Gasteiger partial charge is 0.132 e. The monoisotopic (exact) mass is 318 g/mol. The molecule has 0 heterocycles. The molecular weight excluding hydrogens is 291 g/mol. The largest absolute Gasteiger partial charge is 0.512 e. The molecule has 23 heavy (non-hydrogen) atoms. The van der Waals surface area contributed by atoms with Gasteiger partial charge in [0.1, 0.15) is 5.78 Å². The van der Waals surface area contributed by atoms with Gasteiger partial charge in [-0.1, -0.05) is 38.1 Å². The summed E-state index contributed by atoms with van der Waals surface area (Å²) in [5, 5.41) is 10.4. The molecule has 0 aromatic heterocycles. The highest BCUT2D eigenvalue weighted by Gasteiger charge is 2.18. The summed E-state index contributed by atoms with van der Waals surface area (Å²) in [5.74, 6) is 0.370. The number of Topliss-reactive ketones (excluding diaryl/α,β-unsaturated/α-hetero) is 1. The van der Waals surface area contributed by atoms with E-state index in [1.807, 2.05) is 39.0 Å². The number of benzene rings is 1. The number of aliphatic hydroxyl groups is 1. The van der Waals surface area contributed by atoms with Crippen molar-refractivity contribution in [2.24, 2.45) is 11.8 Å². The van der Waals surface area contributed by atoms with E-state index in [0.717, 1.165) is 23.1 Å². The maximum absolute atomic E-state index is 12.1. The lowest BCUT2D eigenvalue weighted by atomic mass is 9.89. The van der Waals surface area contributed by atoms with Gasteiger partial charge in [0.05, 0.1) is 12.1 Å². The molecular formula is C20H27FO2. The van der Waals surface area contributed by atoms with Gasteiger partial charge in [-0.05, 0) is 55.9 Å². The first-order valence-electron chi connectivity index (χ1n) is 8.14. The zero-order chi connectivity index (χ0) is 17.4. The van der Waals surface area contributed by atoms with Gasteiger partial charge in [-0.15, -0.1) is 0 Å². The lowest BCUT2D eigenvalue weighted by Gasteiger charge is -2.17. The van der Waals surface area contributed by atoms with Crippen LogP contribution in [-0.2, 0) is 11.2 Å². The Labute approximate surface area is 138 Å². The number of hydrogen-bond acceptors (Lipinski definition) is 2. The van der Waals surface area contributed by atoms with Gasteiger partial charge >= 0.3 is 0 Å². The normalized spacial score (nSPS) is 14.9. The number of hydrogen-bond donors (Lipinski definition) is 1. The molecule has 0 radical (unpaired) electrons. The number of aryl methyl sites for hydroxylation is 1. The van der Waals surface area contributed by atoms with Crippen molar-refractivity contribution < 1.29 is 14.3 Å². The molecule has 0 aliphatic heterocycles. The third-order valence-electron chi connectivity index (χ3n) is 4.30. The van der Waals surface area contributed by atoms with Gasteiger partial charge in [0.2, 0.25) is 0 Å². The second kappa shape index (κ2) is 9.29. The van der Waals surface area contributed by atoms with Crippen molar-refractivity contribution in [3.63, 3.8) is 0 Å². The summed E-state index contributed by atoms with van der Waals surface area (Å²) in [6.07, 6.45) is 5.72. The quantitative estimate of drug-likeness (QED) is 0.637. The third kappa shape index (κ3) is 6.01. The maximum atomic E-state index is 12.1. The first-order chi connectivity index (χ1) is 10.9. The van der Waals surface area contributed by atoms with Gasteiger partial charge in [-0.25, -0.2) is 4.39 Å². The molecule has 0 aliphatic carbocycles. The summed E-state index contributed by atoms with van der Waals surface area (Å²) in [5.41, 5.74) is 2.97. The van der Waals surface area contributed by atoms with E-state index in [1.165, 1.54) is 6.08 Å². The van der Waals surface area contributed by atoms with Crippen LogP contribution < -0.4 is 0 Å². The molecule has 0 amide bonds. The molecule has 0 bridgehead atoms. The topological polar surface area (TPSA) is 37.3 Å². The van der Waals surface area contributed by atoms with Gasteiger partial charge in [0.15, 0.2) is 0 Å². The molecule has 2 unspecified atom stereocenters. The first kappa shape index (κ1) is 19.1. The van der Waals surface area contributed by atoms with Crippen LogP contribution in [-0.4, -0.2) is 10.9 Å². The number of ketones is 1. The Morgan fingerprint density at radius 3 is 2.65 bits per heavy atom. The number of allylic oxidation sites excluding steroid dienone is 2. The number of carbonyl (C=O) groups excluding carboxylic acids is 1. The predicted molar refractivity (Wildman–Crippen MR) is 94.0 cm³/mol. The van der Waals surface area contributed by atoms with E-state index in [2.05, 4.69) is 0 Å². The fourth-order valence-corrected chi connectivity index (χ4v) is 2.62. The zero-order valence-corrected chi connectivity index (χ0v) is 14.5. The molecule has 0 fully saturated rings. The SMILES string of the molecule is CCC(CC(C)/C(O)=C/c1cc(C/C=C/F)ccc1C)C(C)=O. The highest BCUT2D eigenvalue weighted by atomic mass is 19.1. The number of halogens is 1. The summed E-state index contributed by atoms with van der Waals surface area (Å²) < 4.78 is 12.1. The zero-order valence-electron chi connectivity index (χ0n) is 14.5. The summed E-state index contributed by atoms with van der Waals surface area (Å²) >= 11 is 0. The number of aliphatic hydroxyl groups excluding tert-OH is 1. The molecule has 0 saturated heterocycles. The Morgan fingerprint density at radius 1 is 1.39 bits per heavy atom. The van der Waals surface area contributed by atoms with Crippen molar-refractivity contribution in [1.82, 2.24) is 0 Å². The Morgan fingerprint density at radius 2 is 2.09 bits per heavy atom. The van der Waals surface area contributed by atoms with Crippen LogP contribution in [0.2, 0.25) is 0 Å². The summed E-state index contributed by atoms with van der Waals surface area (Å²) in [6, 6.07) is 5.88. The van der Waals surface area contributed by atoms with Gasteiger partial charge in [-0.2, -0.15) is 0 Å². The van der Waals surface area contributed by atoms with Crippen molar-refractivity contribution in [1.29, 1.82) is 0 Å². The molecule has 1 rings (SSSR count). The number of rotatable bonds is 8. The number of carbonyl (C=O) groups is 1. The van der Waals surface area contributed by atoms with Crippen molar-refractivity contribution >= 4 is 11.9 Å². The maximum Gasteiger partial charge on any atom is 0.132 e. The lowest BCUT2D eigenvalue weighted by Crippen LogP contribution is -2.14. The molecule has 0 spiro atoms. The highest BCUT2D eigenvalue weighted by Crippen LogP contribution is 2.24. The second-order valence-electron chi connectivity index (χ2n) is 6.18. The highest BCUT2D eigenvalue weighted by molar-refractivity contribution is 5.78. The second-order valence-corrected chi connectivity index (χ2v) is 6.18. The van der Waals surface area contributed by atoms with E-state index in [-0.39, 0.29) is 23.4 Å². The minimum absolute atomic E-state index is 0.0114. The van der Waals surface area contributed by atoms with Crippen molar-refractivity contribution in [2.75, 3.05) is 0 Å². The van der Waals surface area contributed by atoms with Crippen molar-refractivity contribution in [3.8, 4) is 0 Å². The van der Waals surface area contributed by atoms with Gasteiger partial charge in [-0.3, -0.25) is 4.79 Å². The molecule has 3 heteroatoms. The molecule has 1 aromatic rings. The Kier molecular flexibility index (Phi) is 7.73. The molecule has 1 N–H and O–H groups in total. The average molecular weight is 318 g/mol. The first-order valence-corrected chi connectivity index (χ1v) is 8.14. The molecule has 0 aliphatic rings. The minimum Gasteiger partial charge on any atom is -0.512 e. The fraction of sp³-hybridized carbons (Fsp3) is 0.450.